The van der Waals surface area contributed by atoms with Crippen LogP contribution in [0, 0.1) is 6.92 Å². The van der Waals surface area contributed by atoms with Gasteiger partial charge in [0.25, 0.3) is 10.0 Å². The Morgan fingerprint density at radius 1 is 0.933 bits per heavy atom. The lowest BCUT2D eigenvalue weighted by Crippen LogP contribution is -2.17. The number of benzene rings is 3. The van der Waals surface area contributed by atoms with Crippen molar-refractivity contribution in [1.82, 2.24) is 3.97 Å². The maximum atomic E-state index is 13.8. The van der Waals surface area contributed by atoms with Crippen LogP contribution in [0.3, 0.4) is 0 Å². The third-order valence-electron chi connectivity index (χ3n) is 5.11. The number of hydrogen-bond donors (Lipinski definition) is 0. The third kappa shape index (κ3) is 3.24. The van der Waals surface area contributed by atoms with Gasteiger partial charge < -0.3 is 0 Å². The van der Waals surface area contributed by atoms with Crippen LogP contribution in [0.1, 0.15) is 24.2 Å². The average molecular weight is 417 g/mol. The Morgan fingerprint density at radius 2 is 1.57 bits per heavy atom. The summed E-state index contributed by atoms with van der Waals surface area (Å²) in [5, 5.41) is 4.64. The molecular formula is C23H20N4O2S. The highest BCUT2D eigenvalue weighted by Gasteiger charge is 2.29. The first-order valence-corrected chi connectivity index (χ1v) is 10.9. The Hall–Kier alpha value is -3.54. The summed E-state index contributed by atoms with van der Waals surface area (Å²) >= 11 is 0. The van der Waals surface area contributed by atoms with Crippen molar-refractivity contribution in [1.29, 1.82) is 0 Å². The van der Waals surface area contributed by atoms with E-state index < -0.39 is 16.1 Å². The Kier molecular flexibility index (Phi) is 5.08. The summed E-state index contributed by atoms with van der Waals surface area (Å²) in [6, 6.07) is 23.0. The molecule has 1 atom stereocenters. The van der Waals surface area contributed by atoms with Gasteiger partial charge in [-0.05, 0) is 36.2 Å². The average Bonchev–Trinajstić information content (AvgIpc) is 3.11. The largest absolute Gasteiger partial charge is 0.268 e. The van der Waals surface area contributed by atoms with Gasteiger partial charge >= 0.3 is 0 Å². The van der Waals surface area contributed by atoms with E-state index in [4.69, 9.17) is 5.53 Å². The number of hydrogen-bond acceptors (Lipinski definition) is 3. The van der Waals surface area contributed by atoms with Gasteiger partial charge in [0.15, 0.2) is 0 Å². The van der Waals surface area contributed by atoms with E-state index in [0.29, 0.717) is 11.2 Å². The van der Waals surface area contributed by atoms with Crippen molar-refractivity contribution in [2.45, 2.75) is 24.8 Å². The molecule has 0 bridgehead atoms. The molecule has 0 N–H and O–H groups in total. The summed E-state index contributed by atoms with van der Waals surface area (Å²) in [6.45, 7) is 3.62. The second-order valence-corrected chi connectivity index (χ2v) is 8.89. The van der Waals surface area contributed by atoms with Crippen LogP contribution in [-0.4, -0.2) is 12.4 Å². The van der Waals surface area contributed by atoms with Gasteiger partial charge in [-0.2, -0.15) is 0 Å². The topological polar surface area (TPSA) is 87.8 Å². The van der Waals surface area contributed by atoms with Crippen LogP contribution in [0.4, 0.5) is 0 Å². The van der Waals surface area contributed by atoms with Crippen LogP contribution in [0.5, 0.6) is 0 Å². The Morgan fingerprint density at radius 3 is 2.23 bits per heavy atom. The highest BCUT2D eigenvalue weighted by atomic mass is 32.2. The Bertz CT molecular complexity index is 1370. The van der Waals surface area contributed by atoms with E-state index in [9.17, 15) is 8.42 Å². The third-order valence-corrected chi connectivity index (χ3v) is 6.85. The highest BCUT2D eigenvalue weighted by Crippen LogP contribution is 2.41. The molecule has 0 amide bonds. The van der Waals surface area contributed by atoms with Crippen LogP contribution in [0.15, 0.2) is 88.9 Å². The molecule has 1 heterocycles. The van der Waals surface area contributed by atoms with E-state index >= 15 is 0 Å². The molecule has 4 aromatic rings. The monoisotopic (exact) mass is 416 g/mol. The Labute approximate surface area is 175 Å². The van der Waals surface area contributed by atoms with Gasteiger partial charge in [0.05, 0.1) is 22.1 Å². The lowest BCUT2D eigenvalue weighted by Gasteiger charge is -2.16. The SMILES string of the molecule is Cc1ccc(S(=O)(=O)n2c(C(C)N=[N+]=[N-])c(-c3ccccc3)c3ccccc32)cc1. The molecule has 0 spiro atoms. The number of fused-ring (bicyclic) bond motifs is 1. The molecule has 0 radical (unpaired) electrons. The smallest absolute Gasteiger partial charge is 0.237 e. The van der Waals surface area contributed by atoms with Gasteiger partial charge in [-0.25, -0.2) is 12.4 Å². The molecule has 0 aliphatic rings. The molecule has 7 heteroatoms. The molecule has 150 valence electrons. The van der Waals surface area contributed by atoms with Crippen molar-refractivity contribution in [3.63, 3.8) is 0 Å². The van der Waals surface area contributed by atoms with Crippen LogP contribution in [0.25, 0.3) is 32.5 Å². The van der Waals surface area contributed by atoms with E-state index in [2.05, 4.69) is 10.0 Å². The zero-order chi connectivity index (χ0) is 21.3. The van der Waals surface area contributed by atoms with Crippen molar-refractivity contribution < 1.29 is 8.42 Å². The number of azide groups is 1. The molecule has 3 aromatic carbocycles. The van der Waals surface area contributed by atoms with Gasteiger partial charge in [-0.1, -0.05) is 78.3 Å². The van der Waals surface area contributed by atoms with Crippen molar-refractivity contribution in [2.75, 3.05) is 0 Å². The zero-order valence-electron chi connectivity index (χ0n) is 16.6. The predicted octanol–water partition coefficient (Wildman–Crippen LogP) is 6.23. The van der Waals surface area contributed by atoms with Gasteiger partial charge in [-0.15, -0.1) is 0 Å². The highest BCUT2D eigenvalue weighted by molar-refractivity contribution is 7.90. The Balaban J connectivity index is 2.15. The summed E-state index contributed by atoms with van der Waals surface area (Å²) in [6.07, 6.45) is 0. The molecule has 1 aromatic heterocycles. The molecule has 0 fully saturated rings. The first kappa shape index (κ1) is 19.8. The molecule has 4 rings (SSSR count). The minimum Gasteiger partial charge on any atom is -0.237 e. The number of aromatic nitrogens is 1. The standard InChI is InChI=1S/C23H20N4O2S/c1-16-12-14-19(15-13-16)30(28,29)27-21-11-7-6-10-20(21)22(18-8-4-3-5-9-18)23(27)17(2)25-26-24/h3-15,17H,1-2H3. The van der Waals surface area contributed by atoms with Gasteiger partial charge in [0.2, 0.25) is 0 Å². The van der Waals surface area contributed by atoms with Gasteiger partial charge in [0, 0.05) is 15.9 Å². The molecular weight excluding hydrogens is 396 g/mol. The predicted molar refractivity (Wildman–Crippen MR) is 119 cm³/mol. The van der Waals surface area contributed by atoms with Crippen molar-refractivity contribution in [3.05, 3.63) is 101 Å². The van der Waals surface area contributed by atoms with Crippen LogP contribution in [-0.2, 0) is 10.0 Å². The second-order valence-electron chi connectivity index (χ2n) is 7.11. The summed E-state index contributed by atoms with van der Waals surface area (Å²) in [4.78, 5) is 3.12. The molecule has 0 aliphatic carbocycles. The van der Waals surface area contributed by atoms with E-state index in [-0.39, 0.29) is 4.90 Å². The maximum Gasteiger partial charge on any atom is 0.268 e. The first-order chi connectivity index (χ1) is 14.4. The molecule has 30 heavy (non-hydrogen) atoms. The molecule has 1 unspecified atom stereocenters. The van der Waals surface area contributed by atoms with E-state index in [0.717, 1.165) is 22.1 Å². The molecule has 0 saturated heterocycles. The van der Waals surface area contributed by atoms with Crippen LogP contribution < -0.4 is 0 Å². The molecule has 6 nitrogen and oxygen atoms in total. The lowest BCUT2D eigenvalue weighted by atomic mass is 9.99. The van der Waals surface area contributed by atoms with E-state index in [1.807, 2.05) is 49.4 Å². The van der Waals surface area contributed by atoms with Crippen LogP contribution in [0.2, 0.25) is 0 Å². The van der Waals surface area contributed by atoms with Crippen molar-refractivity contribution in [3.8, 4) is 11.1 Å². The van der Waals surface area contributed by atoms with Crippen molar-refractivity contribution in [2.24, 2.45) is 5.11 Å². The van der Waals surface area contributed by atoms with Gasteiger partial charge in [0.1, 0.15) is 0 Å². The summed E-state index contributed by atoms with van der Waals surface area (Å²) < 4.78 is 28.9. The molecule has 0 saturated carbocycles. The summed E-state index contributed by atoms with van der Waals surface area (Å²) in [5.41, 5.74) is 12.7. The number of rotatable bonds is 5. The fraction of sp³-hybridized carbons (Fsp3) is 0.130. The minimum atomic E-state index is -3.93. The number of para-hydroxylation sites is 1. The van der Waals surface area contributed by atoms with Gasteiger partial charge in [-0.3, -0.25) is 0 Å². The summed E-state index contributed by atoms with van der Waals surface area (Å²) in [5.74, 6) is 0. The second kappa shape index (κ2) is 7.71. The number of nitrogens with zero attached hydrogens (tertiary/aromatic N) is 4. The minimum absolute atomic E-state index is 0.183. The fourth-order valence-electron chi connectivity index (χ4n) is 3.72. The maximum absolute atomic E-state index is 13.8. The fourth-order valence-corrected chi connectivity index (χ4v) is 5.34. The number of aryl methyl sites for hydroxylation is 1. The molecule has 0 aliphatic heterocycles. The van der Waals surface area contributed by atoms with E-state index in [1.165, 1.54) is 3.97 Å². The quantitative estimate of drug-likeness (QED) is 0.219. The summed E-state index contributed by atoms with van der Waals surface area (Å²) in [7, 11) is -3.93. The lowest BCUT2D eigenvalue weighted by molar-refractivity contribution is 0.584. The first-order valence-electron chi connectivity index (χ1n) is 9.50. The van der Waals surface area contributed by atoms with E-state index in [1.54, 1.807) is 43.3 Å². The zero-order valence-corrected chi connectivity index (χ0v) is 17.4. The van der Waals surface area contributed by atoms with Crippen LogP contribution >= 0.6 is 0 Å². The normalized spacial score (nSPS) is 12.5. The van der Waals surface area contributed by atoms with Crippen molar-refractivity contribution >= 4 is 20.9 Å².